The Kier molecular flexibility index (Phi) is 9.68. The zero-order valence-electron chi connectivity index (χ0n) is 24.9. The van der Waals surface area contributed by atoms with Gasteiger partial charge in [-0.3, -0.25) is 14.4 Å². The minimum absolute atomic E-state index is 0.348. The summed E-state index contributed by atoms with van der Waals surface area (Å²) in [5.41, 5.74) is 1.88. The predicted molar refractivity (Wildman–Crippen MR) is 163 cm³/mol. The van der Waals surface area contributed by atoms with Gasteiger partial charge in [0.2, 0.25) is 11.8 Å². The molecule has 0 saturated heterocycles. The van der Waals surface area contributed by atoms with E-state index >= 15 is 0 Å². The number of benzene rings is 3. The molecule has 0 bridgehead atoms. The van der Waals surface area contributed by atoms with Gasteiger partial charge in [0.05, 0.1) is 25.2 Å². The highest BCUT2D eigenvalue weighted by Gasteiger charge is 2.56. The summed E-state index contributed by atoms with van der Waals surface area (Å²) in [5, 5.41) is 17.6. The van der Waals surface area contributed by atoms with Crippen LogP contribution in [0.25, 0.3) is 0 Å². The first-order valence-corrected chi connectivity index (χ1v) is 14.5. The maximum absolute atomic E-state index is 14.1. The highest BCUT2D eigenvalue weighted by atomic mass is 16.5. The number of nitrogens with one attached hydrogen (secondary N) is 2. The SMILES string of the molecule is CCOc1cc(C2C(C(=O)Nc3ccccc3CC)C(=O)CC(C)(O)C2C(=O)Nc2ccccc2CC)ccc1OC. The number of amides is 2. The van der Waals surface area contributed by atoms with Crippen molar-refractivity contribution in [2.75, 3.05) is 24.4 Å². The van der Waals surface area contributed by atoms with Gasteiger partial charge in [-0.2, -0.15) is 0 Å². The number of hydrogen-bond donors (Lipinski definition) is 3. The van der Waals surface area contributed by atoms with Crippen LogP contribution in [0.1, 0.15) is 56.7 Å². The maximum Gasteiger partial charge on any atom is 0.235 e. The Morgan fingerprint density at radius 1 is 0.881 bits per heavy atom. The Bertz CT molecular complexity index is 1450. The van der Waals surface area contributed by atoms with Crippen molar-refractivity contribution >= 4 is 29.0 Å². The van der Waals surface area contributed by atoms with Gasteiger partial charge in [-0.05, 0) is 67.6 Å². The molecule has 42 heavy (non-hydrogen) atoms. The van der Waals surface area contributed by atoms with E-state index in [1.165, 1.54) is 14.0 Å². The summed E-state index contributed by atoms with van der Waals surface area (Å²) in [4.78, 5) is 41.9. The van der Waals surface area contributed by atoms with E-state index < -0.39 is 41.0 Å². The van der Waals surface area contributed by atoms with Crippen LogP contribution in [0.15, 0.2) is 66.7 Å². The number of para-hydroxylation sites is 2. The molecule has 8 heteroatoms. The molecule has 3 N–H and O–H groups in total. The van der Waals surface area contributed by atoms with Gasteiger partial charge in [-0.1, -0.05) is 56.3 Å². The normalized spacial score (nSPS) is 21.9. The highest BCUT2D eigenvalue weighted by molar-refractivity contribution is 6.10. The Labute approximate surface area is 247 Å². The first kappa shape index (κ1) is 30.8. The zero-order chi connectivity index (χ0) is 30.4. The summed E-state index contributed by atoms with van der Waals surface area (Å²) in [5.74, 6) is -3.92. The van der Waals surface area contributed by atoms with Crippen molar-refractivity contribution in [2.45, 2.75) is 58.5 Å². The molecular weight excluding hydrogens is 532 g/mol. The number of hydrogen-bond acceptors (Lipinski definition) is 6. The Morgan fingerprint density at radius 2 is 1.45 bits per heavy atom. The molecule has 3 aromatic carbocycles. The van der Waals surface area contributed by atoms with Crippen LogP contribution < -0.4 is 20.1 Å². The van der Waals surface area contributed by atoms with Crippen LogP contribution >= 0.6 is 0 Å². The van der Waals surface area contributed by atoms with Crippen LogP contribution in [-0.4, -0.2) is 42.0 Å². The molecule has 2 amide bonds. The lowest BCUT2D eigenvalue weighted by molar-refractivity contribution is -0.150. The minimum atomic E-state index is -1.73. The number of anilines is 2. The van der Waals surface area contributed by atoms with Crippen molar-refractivity contribution in [2.24, 2.45) is 11.8 Å². The molecular formula is C34H40N2O6. The van der Waals surface area contributed by atoms with Gasteiger partial charge < -0.3 is 25.2 Å². The fourth-order valence-corrected chi connectivity index (χ4v) is 5.98. The summed E-state index contributed by atoms with van der Waals surface area (Å²) in [6, 6.07) is 20.0. The molecule has 4 atom stereocenters. The van der Waals surface area contributed by atoms with Crippen LogP contribution in [0, 0.1) is 11.8 Å². The number of aliphatic hydroxyl groups is 1. The summed E-state index contributed by atoms with van der Waals surface area (Å²) >= 11 is 0. The largest absolute Gasteiger partial charge is 0.493 e. The highest BCUT2D eigenvalue weighted by Crippen LogP contribution is 2.48. The second-order valence-electron chi connectivity index (χ2n) is 10.8. The zero-order valence-corrected chi connectivity index (χ0v) is 24.9. The summed E-state index contributed by atoms with van der Waals surface area (Å²) in [6.07, 6.45) is 1.03. The smallest absolute Gasteiger partial charge is 0.235 e. The number of ketones is 1. The molecule has 4 rings (SSSR count). The first-order valence-electron chi connectivity index (χ1n) is 14.5. The van der Waals surface area contributed by atoms with Crippen LogP contribution in [0.4, 0.5) is 11.4 Å². The molecule has 222 valence electrons. The van der Waals surface area contributed by atoms with Gasteiger partial charge in [0.15, 0.2) is 11.5 Å². The molecule has 0 aliphatic heterocycles. The molecule has 0 radical (unpaired) electrons. The molecule has 8 nitrogen and oxygen atoms in total. The van der Waals surface area contributed by atoms with E-state index in [2.05, 4.69) is 10.6 Å². The summed E-state index contributed by atoms with van der Waals surface area (Å²) in [6.45, 7) is 7.66. The molecule has 1 aliphatic carbocycles. The van der Waals surface area contributed by atoms with Crippen LogP contribution in [-0.2, 0) is 27.2 Å². The quantitative estimate of drug-likeness (QED) is 0.275. The van der Waals surface area contributed by atoms with E-state index in [1.807, 2.05) is 57.2 Å². The molecule has 1 aliphatic rings. The van der Waals surface area contributed by atoms with Crippen molar-refractivity contribution in [1.82, 2.24) is 0 Å². The van der Waals surface area contributed by atoms with Crippen LogP contribution in [0.2, 0.25) is 0 Å². The molecule has 1 fully saturated rings. The topological polar surface area (TPSA) is 114 Å². The van der Waals surface area contributed by atoms with Crippen molar-refractivity contribution in [3.63, 3.8) is 0 Å². The predicted octanol–water partition coefficient (Wildman–Crippen LogP) is 5.54. The van der Waals surface area contributed by atoms with E-state index in [1.54, 1.807) is 30.3 Å². The first-order chi connectivity index (χ1) is 20.1. The fourth-order valence-electron chi connectivity index (χ4n) is 5.98. The number of carbonyl (C=O) groups is 3. The third-order valence-corrected chi connectivity index (χ3v) is 8.02. The maximum atomic E-state index is 14.1. The molecule has 1 saturated carbocycles. The van der Waals surface area contributed by atoms with E-state index in [9.17, 15) is 19.5 Å². The number of Topliss-reactive ketones (excluding diaryl/α,β-unsaturated/α-hetero) is 1. The van der Waals surface area contributed by atoms with Crippen molar-refractivity contribution in [3.05, 3.63) is 83.4 Å². The number of carbonyl (C=O) groups excluding carboxylic acids is 3. The number of aryl methyl sites for hydroxylation is 2. The lowest BCUT2D eigenvalue weighted by Crippen LogP contribution is -2.56. The average molecular weight is 573 g/mol. The van der Waals surface area contributed by atoms with E-state index in [-0.39, 0.29) is 6.42 Å². The molecule has 0 aromatic heterocycles. The number of methoxy groups -OCH3 is 1. The molecule has 0 heterocycles. The summed E-state index contributed by atoms with van der Waals surface area (Å²) < 4.78 is 11.3. The van der Waals surface area contributed by atoms with Gasteiger partial charge in [0.25, 0.3) is 0 Å². The minimum Gasteiger partial charge on any atom is -0.493 e. The summed E-state index contributed by atoms with van der Waals surface area (Å²) in [7, 11) is 1.52. The lowest BCUT2D eigenvalue weighted by Gasteiger charge is -2.44. The number of rotatable bonds is 10. The number of ether oxygens (including phenoxy) is 2. The van der Waals surface area contributed by atoms with Crippen LogP contribution in [0.5, 0.6) is 11.5 Å². The third-order valence-electron chi connectivity index (χ3n) is 8.02. The second-order valence-corrected chi connectivity index (χ2v) is 10.8. The van der Waals surface area contributed by atoms with Crippen LogP contribution in [0.3, 0.4) is 0 Å². The van der Waals surface area contributed by atoms with E-state index in [4.69, 9.17) is 9.47 Å². The molecule has 3 aromatic rings. The Morgan fingerprint density at radius 3 is 2.00 bits per heavy atom. The Hall–Kier alpha value is -4.17. The second kappa shape index (κ2) is 13.2. The van der Waals surface area contributed by atoms with E-state index in [0.717, 1.165) is 11.1 Å². The van der Waals surface area contributed by atoms with E-state index in [0.29, 0.717) is 47.9 Å². The fraction of sp³-hybridized carbons (Fsp3) is 0.382. The van der Waals surface area contributed by atoms with Gasteiger partial charge in [-0.25, -0.2) is 0 Å². The average Bonchev–Trinajstić information content (AvgIpc) is 2.96. The van der Waals surface area contributed by atoms with Crippen molar-refractivity contribution < 1.29 is 29.0 Å². The van der Waals surface area contributed by atoms with Gasteiger partial charge in [0.1, 0.15) is 11.7 Å². The van der Waals surface area contributed by atoms with Gasteiger partial charge in [0, 0.05) is 23.7 Å². The molecule has 4 unspecified atom stereocenters. The Balaban J connectivity index is 1.85. The lowest BCUT2D eigenvalue weighted by atomic mass is 9.61. The van der Waals surface area contributed by atoms with Gasteiger partial charge >= 0.3 is 0 Å². The van der Waals surface area contributed by atoms with Crippen molar-refractivity contribution in [3.8, 4) is 11.5 Å². The monoisotopic (exact) mass is 572 g/mol. The molecule has 0 spiro atoms. The van der Waals surface area contributed by atoms with Crippen molar-refractivity contribution in [1.29, 1.82) is 0 Å². The third kappa shape index (κ3) is 6.34. The standard InChI is InChI=1S/C34H40N2O6/c1-6-21-13-9-11-15-24(21)35-32(38)30-26(37)20-34(4,40)31(33(39)36-25-16-12-10-14-22(25)7-2)29(30)23-17-18-27(41-5)28(19-23)42-8-3/h9-19,29-31,40H,6-8,20H2,1-5H3,(H,35,38)(H,36,39). The van der Waals surface area contributed by atoms with Gasteiger partial charge in [-0.15, -0.1) is 0 Å².